The molecule has 78 valence electrons. The maximum absolute atomic E-state index is 11.3. The van der Waals surface area contributed by atoms with Crippen LogP contribution in [0.4, 0.5) is 0 Å². The molecule has 13 heavy (non-hydrogen) atoms. The molecule has 0 bridgehead atoms. The summed E-state index contributed by atoms with van der Waals surface area (Å²) in [5, 5.41) is 0. The lowest BCUT2D eigenvalue weighted by atomic mass is 9.83. The third-order valence-corrected chi connectivity index (χ3v) is 2.02. The van der Waals surface area contributed by atoms with Gasteiger partial charge in [0.1, 0.15) is 5.78 Å². The Morgan fingerprint density at radius 1 is 1.31 bits per heavy atom. The molecule has 2 nitrogen and oxygen atoms in total. The minimum absolute atomic E-state index is 0.190. The summed E-state index contributed by atoms with van der Waals surface area (Å²) in [6.07, 6.45) is 0.973. The van der Waals surface area contributed by atoms with Crippen LogP contribution in [0, 0.1) is 11.3 Å². The van der Waals surface area contributed by atoms with Crippen molar-refractivity contribution in [2.45, 2.75) is 34.1 Å². The van der Waals surface area contributed by atoms with E-state index in [1.54, 1.807) is 6.92 Å². The highest BCUT2D eigenvalue weighted by Crippen LogP contribution is 2.25. The molecule has 0 N–H and O–H groups in total. The maximum atomic E-state index is 11.3. The van der Waals surface area contributed by atoms with Crippen molar-refractivity contribution in [2.75, 3.05) is 20.6 Å². The van der Waals surface area contributed by atoms with Crippen LogP contribution in [0.5, 0.6) is 0 Å². The highest BCUT2D eigenvalue weighted by molar-refractivity contribution is 5.78. The van der Waals surface area contributed by atoms with Gasteiger partial charge in [0.05, 0.1) is 0 Å². The van der Waals surface area contributed by atoms with Crippen molar-refractivity contribution in [1.82, 2.24) is 4.90 Å². The molecule has 0 heterocycles. The largest absolute Gasteiger partial charge is 0.309 e. The second-order valence-corrected chi connectivity index (χ2v) is 5.33. The predicted molar refractivity (Wildman–Crippen MR) is 56.8 cm³/mol. The number of rotatable bonds is 4. The van der Waals surface area contributed by atoms with E-state index in [1.807, 2.05) is 14.1 Å². The molecule has 0 saturated carbocycles. The fourth-order valence-electron chi connectivity index (χ4n) is 1.52. The fraction of sp³-hybridized carbons (Fsp3) is 0.909. The van der Waals surface area contributed by atoms with Crippen LogP contribution in [-0.4, -0.2) is 31.3 Å². The number of Topliss-reactive ketones (excluding diaryl/α,β-unsaturated/α-hetero) is 1. The Morgan fingerprint density at radius 3 is 2.00 bits per heavy atom. The zero-order chi connectivity index (χ0) is 10.6. The van der Waals surface area contributed by atoms with Gasteiger partial charge in [-0.1, -0.05) is 20.8 Å². The molecule has 0 spiro atoms. The van der Waals surface area contributed by atoms with Crippen LogP contribution >= 0.6 is 0 Å². The van der Waals surface area contributed by atoms with Crippen molar-refractivity contribution in [3.63, 3.8) is 0 Å². The second-order valence-electron chi connectivity index (χ2n) is 5.33. The average molecular weight is 185 g/mol. The summed E-state index contributed by atoms with van der Waals surface area (Å²) in [6.45, 7) is 9.10. The Bertz CT molecular complexity index is 167. The molecule has 0 aliphatic rings. The molecule has 0 fully saturated rings. The summed E-state index contributed by atoms with van der Waals surface area (Å²) in [6, 6.07) is 0. The minimum Gasteiger partial charge on any atom is -0.309 e. The van der Waals surface area contributed by atoms with Crippen LogP contribution in [0.1, 0.15) is 34.1 Å². The zero-order valence-electron chi connectivity index (χ0n) is 9.85. The monoisotopic (exact) mass is 185 g/mol. The predicted octanol–water partition coefficient (Wildman–Crippen LogP) is 2.19. The maximum Gasteiger partial charge on any atom is 0.134 e. The second kappa shape index (κ2) is 4.75. The summed E-state index contributed by atoms with van der Waals surface area (Å²) >= 11 is 0. The first-order valence-corrected chi connectivity index (χ1v) is 4.87. The van der Waals surface area contributed by atoms with E-state index in [9.17, 15) is 4.79 Å². The summed E-state index contributed by atoms with van der Waals surface area (Å²) in [7, 11) is 4.03. The van der Waals surface area contributed by atoms with Crippen molar-refractivity contribution in [3.8, 4) is 0 Å². The van der Waals surface area contributed by atoms with Crippen molar-refractivity contribution in [1.29, 1.82) is 0 Å². The summed E-state index contributed by atoms with van der Waals surface area (Å²) in [4.78, 5) is 13.4. The van der Waals surface area contributed by atoms with E-state index < -0.39 is 0 Å². The van der Waals surface area contributed by atoms with Gasteiger partial charge in [-0.15, -0.1) is 0 Å². The van der Waals surface area contributed by atoms with Crippen LogP contribution in [0.2, 0.25) is 0 Å². The van der Waals surface area contributed by atoms with E-state index >= 15 is 0 Å². The van der Waals surface area contributed by atoms with E-state index in [-0.39, 0.29) is 11.3 Å². The number of ketones is 1. The minimum atomic E-state index is 0.190. The molecule has 2 heteroatoms. The lowest BCUT2D eigenvalue weighted by Gasteiger charge is -2.26. The number of hydrogen-bond donors (Lipinski definition) is 0. The molecular formula is C11H23NO. The summed E-state index contributed by atoms with van der Waals surface area (Å²) in [5.74, 6) is 0.499. The number of nitrogens with zero attached hydrogens (tertiary/aromatic N) is 1. The molecule has 0 aromatic heterocycles. The van der Waals surface area contributed by atoms with E-state index in [0.29, 0.717) is 5.78 Å². The molecule has 0 amide bonds. The van der Waals surface area contributed by atoms with Crippen LogP contribution in [0.25, 0.3) is 0 Å². The van der Waals surface area contributed by atoms with Crippen LogP contribution < -0.4 is 0 Å². The van der Waals surface area contributed by atoms with Gasteiger partial charge in [0, 0.05) is 12.5 Å². The normalized spacial score (nSPS) is 14.7. The first kappa shape index (κ1) is 12.6. The molecule has 0 radical (unpaired) electrons. The van der Waals surface area contributed by atoms with Crippen LogP contribution in [-0.2, 0) is 4.79 Å². The van der Waals surface area contributed by atoms with Gasteiger partial charge in [-0.3, -0.25) is 4.79 Å². The lowest BCUT2D eigenvalue weighted by molar-refractivity contribution is -0.122. The number of hydrogen-bond acceptors (Lipinski definition) is 2. The molecular weight excluding hydrogens is 162 g/mol. The van der Waals surface area contributed by atoms with Crippen molar-refractivity contribution >= 4 is 5.78 Å². The lowest BCUT2D eigenvalue weighted by Crippen LogP contribution is -2.29. The molecule has 1 atom stereocenters. The first-order valence-electron chi connectivity index (χ1n) is 4.87. The SMILES string of the molecule is CC(=O)C(CN(C)C)CC(C)(C)C. The van der Waals surface area contributed by atoms with E-state index in [4.69, 9.17) is 0 Å². The number of carbonyl (C=O) groups is 1. The topological polar surface area (TPSA) is 20.3 Å². The van der Waals surface area contributed by atoms with Crippen molar-refractivity contribution in [3.05, 3.63) is 0 Å². The Balaban J connectivity index is 4.19. The van der Waals surface area contributed by atoms with Gasteiger partial charge >= 0.3 is 0 Å². The Morgan fingerprint density at radius 2 is 1.77 bits per heavy atom. The molecule has 0 aromatic rings. The van der Waals surface area contributed by atoms with Crippen molar-refractivity contribution < 1.29 is 4.79 Å². The van der Waals surface area contributed by atoms with E-state index in [0.717, 1.165) is 13.0 Å². The molecule has 0 rings (SSSR count). The van der Waals surface area contributed by atoms with Gasteiger partial charge in [0.25, 0.3) is 0 Å². The van der Waals surface area contributed by atoms with Crippen LogP contribution in [0.3, 0.4) is 0 Å². The third-order valence-electron chi connectivity index (χ3n) is 2.02. The van der Waals surface area contributed by atoms with Gasteiger partial charge in [0.2, 0.25) is 0 Å². The zero-order valence-corrected chi connectivity index (χ0v) is 9.85. The van der Waals surface area contributed by atoms with Gasteiger partial charge in [-0.25, -0.2) is 0 Å². The third kappa shape index (κ3) is 6.76. The Labute approximate surface area is 82.3 Å². The van der Waals surface area contributed by atoms with Gasteiger partial charge < -0.3 is 4.90 Å². The molecule has 0 saturated heterocycles. The van der Waals surface area contributed by atoms with Gasteiger partial charge in [0.15, 0.2) is 0 Å². The summed E-state index contributed by atoms with van der Waals surface area (Å²) < 4.78 is 0. The van der Waals surface area contributed by atoms with Gasteiger partial charge in [-0.05, 0) is 32.9 Å². The first-order chi connectivity index (χ1) is 5.72. The molecule has 0 aromatic carbocycles. The smallest absolute Gasteiger partial charge is 0.134 e. The number of carbonyl (C=O) groups excluding carboxylic acids is 1. The van der Waals surface area contributed by atoms with Crippen molar-refractivity contribution in [2.24, 2.45) is 11.3 Å². The quantitative estimate of drug-likeness (QED) is 0.669. The van der Waals surface area contributed by atoms with E-state index in [2.05, 4.69) is 25.7 Å². The van der Waals surface area contributed by atoms with E-state index in [1.165, 1.54) is 0 Å². The molecule has 0 aliphatic heterocycles. The highest BCUT2D eigenvalue weighted by atomic mass is 16.1. The summed E-state index contributed by atoms with van der Waals surface area (Å²) in [5.41, 5.74) is 0.242. The molecule has 1 unspecified atom stereocenters. The fourth-order valence-corrected chi connectivity index (χ4v) is 1.52. The highest BCUT2D eigenvalue weighted by Gasteiger charge is 2.22. The van der Waals surface area contributed by atoms with Crippen LogP contribution in [0.15, 0.2) is 0 Å². The molecule has 0 aliphatic carbocycles. The standard InChI is InChI=1S/C11H23NO/c1-9(13)10(8-12(5)6)7-11(2,3)4/h10H,7-8H2,1-6H3. The van der Waals surface area contributed by atoms with Gasteiger partial charge in [-0.2, -0.15) is 0 Å². The Kier molecular flexibility index (Phi) is 4.62. The Hall–Kier alpha value is -0.370. The average Bonchev–Trinajstić information content (AvgIpc) is 1.81.